The average Bonchev–Trinajstić information content (AvgIpc) is 3.42. The number of nitrogens with zero attached hydrogens (tertiary/aromatic N) is 2. The van der Waals surface area contributed by atoms with Crippen LogP contribution in [0.4, 0.5) is 4.79 Å². The Bertz CT molecular complexity index is 646. The molecule has 9 nitrogen and oxygen atoms in total. The maximum atomic E-state index is 13.2. The third-order valence-electron chi connectivity index (χ3n) is 7.05. The van der Waals surface area contributed by atoms with Gasteiger partial charge in [0.15, 0.2) is 5.78 Å². The maximum absolute atomic E-state index is 13.2. The standard InChI is InChI=1S/C23H40N4O5/c1-16(2)17(3)6-7-18(24-23(30)27-10-12-31-13-11-27)22(29)25-21-19(28)15-32-20(21)14-26-8-4-5-9-26/h16-18,20-21H,4-15H2,1-3H3,(H,24,30)(H,25,29). The van der Waals surface area contributed by atoms with Crippen molar-refractivity contribution in [3.63, 3.8) is 0 Å². The number of carbonyl (C=O) groups excluding carboxylic acids is 3. The summed E-state index contributed by atoms with van der Waals surface area (Å²) in [5, 5.41) is 5.83. The van der Waals surface area contributed by atoms with Crippen molar-refractivity contribution in [3.05, 3.63) is 0 Å². The number of ketones is 1. The molecule has 0 radical (unpaired) electrons. The molecule has 0 bridgehead atoms. The van der Waals surface area contributed by atoms with Crippen LogP contribution in [-0.4, -0.2) is 98.3 Å². The third-order valence-corrected chi connectivity index (χ3v) is 7.05. The van der Waals surface area contributed by atoms with Gasteiger partial charge in [-0.25, -0.2) is 4.79 Å². The molecule has 0 aromatic heterocycles. The van der Waals surface area contributed by atoms with Gasteiger partial charge in [-0.2, -0.15) is 0 Å². The number of morpholine rings is 1. The van der Waals surface area contributed by atoms with E-state index >= 15 is 0 Å². The van der Waals surface area contributed by atoms with Crippen LogP contribution in [-0.2, 0) is 19.1 Å². The highest BCUT2D eigenvalue weighted by molar-refractivity contribution is 5.94. The fourth-order valence-corrected chi connectivity index (χ4v) is 4.43. The summed E-state index contributed by atoms with van der Waals surface area (Å²) >= 11 is 0. The van der Waals surface area contributed by atoms with Gasteiger partial charge in [0.1, 0.15) is 18.7 Å². The van der Waals surface area contributed by atoms with Crippen LogP contribution in [0.3, 0.4) is 0 Å². The SMILES string of the molecule is CC(C)C(C)CCC(NC(=O)N1CCOCC1)C(=O)NC1C(=O)COC1CN1CCCC1. The molecule has 3 heterocycles. The Kier molecular flexibility index (Phi) is 9.31. The minimum absolute atomic E-state index is 0.0264. The fourth-order valence-electron chi connectivity index (χ4n) is 4.43. The number of hydrogen-bond donors (Lipinski definition) is 2. The number of likely N-dealkylation sites (tertiary alicyclic amines) is 1. The van der Waals surface area contributed by atoms with Crippen molar-refractivity contribution in [1.29, 1.82) is 0 Å². The second kappa shape index (κ2) is 12.0. The molecule has 4 unspecified atom stereocenters. The van der Waals surface area contributed by atoms with Crippen molar-refractivity contribution in [2.45, 2.75) is 64.6 Å². The van der Waals surface area contributed by atoms with Crippen molar-refractivity contribution >= 4 is 17.7 Å². The van der Waals surface area contributed by atoms with E-state index in [2.05, 4.69) is 36.3 Å². The summed E-state index contributed by atoms with van der Waals surface area (Å²) in [5.41, 5.74) is 0. The Morgan fingerprint density at radius 2 is 1.75 bits per heavy atom. The lowest BCUT2D eigenvalue weighted by Crippen LogP contribution is -2.57. The summed E-state index contributed by atoms with van der Waals surface area (Å²) < 4.78 is 11.0. The van der Waals surface area contributed by atoms with Gasteiger partial charge in [0.25, 0.3) is 0 Å². The number of carbonyl (C=O) groups is 3. The van der Waals surface area contributed by atoms with Crippen LogP contribution in [0.5, 0.6) is 0 Å². The molecular formula is C23H40N4O5. The first-order valence-electron chi connectivity index (χ1n) is 12.2. The largest absolute Gasteiger partial charge is 0.378 e. The number of nitrogens with one attached hydrogen (secondary N) is 2. The molecule has 32 heavy (non-hydrogen) atoms. The zero-order valence-electron chi connectivity index (χ0n) is 19.8. The van der Waals surface area contributed by atoms with Crippen molar-refractivity contribution < 1.29 is 23.9 Å². The molecule has 0 aromatic rings. The highest BCUT2D eigenvalue weighted by atomic mass is 16.5. The average molecular weight is 453 g/mol. The molecule has 2 N–H and O–H groups in total. The highest BCUT2D eigenvalue weighted by Gasteiger charge is 2.39. The molecular weight excluding hydrogens is 412 g/mol. The van der Waals surface area contributed by atoms with Gasteiger partial charge in [-0.05, 0) is 50.6 Å². The normalized spacial score (nSPS) is 26.4. The number of amides is 3. The van der Waals surface area contributed by atoms with Gasteiger partial charge in [0, 0.05) is 19.6 Å². The van der Waals surface area contributed by atoms with E-state index in [9.17, 15) is 14.4 Å². The van der Waals surface area contributed by atoms with Crippen molar-refractivity contribution in [1.82, 2.24) is 20.4 Å². The second-order valence-corrected chi connectivity index (χ2v) is 9.71. The molecule has 9 heteroatoms. The molecule has 3 aliphatic heterocycles. The predicted octanol–water partition coefficient (Wildman–Crippen LogP) is 1.02. The molecule has 0 aliphatic carbocycles. The Hall–Kier alpha value is -1.71. The van der Waals surface area contributed by atoms with E-state index in [1.807, 2.05) is 0 Å². The van der Waals surface area contributed by atoms with Gasteiger partial charge in [0.05, 0.1) is 19.3 Å². The quantitative estimate of drug-likeness (QED) is 0.542. The Balaban J connectivity index is 1.62. The molecule has 4 atom stereocenters. The second-order valence-electron chi connectivity index (χ2n) is 9.71. The number of ether oxygens (including phenoxy) is 2. The minimum Gasteiger partial charge on any atom is -0.378 e. The highest BCUT2D eigenvalue weighted by Crippen LogP contribution is 2.19. The summed E-state index contributed by atoms with van der Waals surface area (Å²) in [6.07, 6.45) is 3.31. The summed E-state index contributed by atoms with van der Waals surface area (Å²) in [7, 11) is 0. The molecule has 3 amide bonds. The van der Waals surface area contributed by atoms with Crippen molar-refractivity contribution in [2.24, 2.45) is 11.8 Å². The van der Waals surface area contributed by atoms with E-state index in [-0.39, 0.29) is 30.4 Å². The fraction of sp³-hybridized carbons (Fsp3) is 0.870. The summed E-state index contributed by atoms with van der Waals surface area (Å²) in [6.45, 7) is 11.2. The van der Waals surface area contributed by atoms with E-state index in [1.165, 1.54) is 0 Å². The smallest absolute Gasteiger partial charge is 0.318 e. The lowest BCUT2D eigenvalue weighted by Gasteiger charge is -2.30. The Morgan fingerprint density at radius 1 is 1.06 bits per heavy atom. The predicted molar refractivity (Wildman–Crippen MR) is 120 cm³/mol. The van der Waals surface area contributed by atoms with Gasteiger partial charge < -0.3 is 29.9 Å². The van der Waals surface area contributed by atoms with Crippen LogP contribution < -0.4 is 10.6 Å². The lowest BCUT2D eigenvalue weighted by molar-refractivity contribution is -0.127. The van der Waals surface area contributed by atoms with Gasteiger partial charge in [-0.15, -0.1) is 0 Å². The zero-order valence-corrected chi connectivity index (χ0v) is 19.8. The first kappa shape index (κ1) is 24.9. The van der Waals surface area contributed by atoms with E-state index in [0.717, 1.165) is 32.4 Å². The molecule has 0 aromatic carbocycles. The van der Waals surface area contributed by atoms with Crippen LogP contribution in [0, 0.1) is 11.8 Å². The van der Waals surface area contributed by atoms with Gasteiger partial charge >= 0.3 is 6.03 Å². The van der Waals surface area contributed by atoms with Gasteiger partial charge in [-0.3, -0.25) is 9.59 Å². The van der Waals surface area contributed by atoms with E-state index in [1.54, 1.807) is 4.90 Å². The molecule has 0 spiro atoms. The first-order valence-corrected chi connectivity index (χ1v) is 12.2. The summed E-state index contributed by atoms with van der Waals surface area (Å²) in [4.78, 5) is 42.4. The van der Waals surface area contributed by atoms with Crippen LogP contribution in [0.15, 0.2) is 0 Å². The van der Waals surface area contributed by atoms with Crippen LogP contribution >= 0.6 is 0 Å². The maximum Gasteiger partial charge on any atom is 0.318 e. The Labute approximate surface area is 191 Å². The molecule has 3 saturated heterocycles. The minimum atomic E-state index is -0.688. The van der Waals surface area contributed by atoms with Crippen LogP contribution in [0.2, 0.25) is 0 Å². The number of hydrogen-bond acceptors (Lipinski definition) is 6. The van der Waals surface area contributed by atoms with Crippen LogP contribution in [0.1, 0.15) is 46.5 Å². The third kappa shape index (κ3) is 6.89. The topological polar surface area (TPSA) is 100 Å². The van der Waals surface area contributed by atoms with Crippen LogP contribution in [0.25, 0.3) is 0 Å². The monoisotopic (exact) mass is 452 g/mol. The van der Waals surface area contributed by atoms with Gasteiger partial charge in [-0.1, -0.05) is 20.8 Å². The van der Waals surface area contributed by atoms with Crippen molar-refractivity contribution in [3.8, 4) is 0 Å². The van der Waals surface area contributed by atoms with E-state index < -0.39 is 12.1 Å². The Morgan fingerprint density at radius 3 is 2.41 bits per heavy atom. The van der Waals surface area contributed by atoms with E-state index in [0.29, 0.717) is 51.1 Å². The molecule has 0 saturated carbocycles. The lowest BCUT2D eigenvalue weighted by atomic mass is 9.91. The van der Waals surface area contributed by atoms with E-state index in [4.69, 9.17) is 9.47 Å². The van der Waals surface area contributed by atoms with Crippen molar-refractivity contribution in [2.75, 3.05) is 52.5 Å². The molecule has 3 aliphatic rings. The molecule has 182 valence electrons. The van der Waals surface area contributed by atoms with Gasteiger partial charge in [0.2, 0.25) is 5.91 Å². The number of urea groups is 1. The number of Topliss-reactive ketones (excluding diaryl/α,β-unsaturated/α-hetero) is 1. The molecule has 3 fully saturated rings. The molecule has 3 rings (SSSR count). The number of rotatable bonds is 9. The summed E-state index contributed by atoms with van der Waals surface area (Å²) in [6, 6.07) is -1.60. The first-order chi connectivity index (χ1) is 15.3. The summed E-state index contributed by atoms with van der Waals surface area (Å²) in [5.74, 6) is 0.502. The zero-order chi connectivity index (χ0) is 23.1.